The Morgan fingerprint density at radius 1 is 0.976 bits per heavy atom. The Kier molecular flexibility index (Phi) is 6.74. The number of nitrogens with zero attached hydrogens (tertiary/aromatic N) is 4. The third kappa shape index (κ3) is 5.66. The molecule has 6 rings (SSSR count). The van der Waals surface area contributed by atoms with E-state index in [0.29, 0.717) is 28.0 Å². The molecule has 6 aromatic rings. The predicted molar refractivity (Wildman–Crippen MR) is 160 cm³/mol. The van der Waals surface area contributed by atoms with E-state index < -0.39 is 15.7 Å². The number of halogens is 1. The molecule has 0 saturated heterocycles. The summed E-state index contributed by atoms with van der Waals surface area (Å²) in [6.07, 6.45) is 6.62. The molecule has 0 amide bonds. The summed E-state index contributed by atoms with van der Waals surface area (Å²) in [4.78, 5) is 17.2. The highest BCUT2D eigenvalue weighted by Gasteiger charge is 2.17. The minimum absolute atomic E-state index is 0.0579. The molecule has 5 aromatic heterocycles. The van der Waals surface area contributed by atoms with Crippen LogP contribution in [0.5, 0.6) is 0 Å². The zero-order chi connectivity index (χ0) is 28.7. The number of pyridine rings is 3. The van der Waals surface area contributed by atoms with E-state index in [1.165, 1.54) is 18.4 Å². The van der Waals surface area contributed by atoms with Gasteiger partial charge in [0.05, 0.1) is 34.0 Å². The maximum atomic E-state index is 14.6. The maximum Gasteiger partial charge on any atom is 0.147 e. The lowest BCUT2D eigenvalue weighted by Crippen LogP contribution is -2.09. The number of aromatic amines is 2. The summed E-state index contributed by atoms with van der Waals surface area (Å²) in [6, 6.07) is 14.5. The number of aryl methyl sites for hydroxylation is 1. The van der Waals surface area contributed by atoms with Gasteiger partial charge in [0.1, 0.15) is 26.9 Å². The molecule has 0 radical (unpaired) electrons. The molecule has 3 N–H and O–H groups in total. The number of nitrogens with one attached hydrogen (secondary N) is 3. The SMILES string of the molecule is CC(C)Nc1cncc(-c2ccc3[nH]nc(-c4cc5c(-c6cc(F)cc(CCS(C)(=O)=O)c6)nccc5[nH]4)c3n2)c1. The van der Waals surface area contributed by atoms with E-state index in [2.05, 4.69) is 44.3 Å². The Hall–Kier alpha value is -4.64. The van der Waals surface area contributed by atoms with E-state index in [1.54, 1.807) is 24.7 Å². The van der Waals surface area contributed by atoms with E-state index in [0.717, 1.165) is 39.1 Å². The third-order valence-corrected chi connectivity index (χ3v) is 7.64. The van der Waals surface area contributed by atoms with Crippen molar-refractivity contribution < 1.29 is 12.8 Å². The van der Waals surface area contributed by atoms with Crippen LogP contribution in [0, 0.1) is 5.82 Å². The topological polar surface area (TPSA) is 129 Å². The van der Waals surface area contributed by atoms with E-state index in [1.807, 2.05) is 30.3 Å². The Bertz CT molecular complexity index is 2010. The molecule has 9 nitrogen and oxygen atoms in total. The first-order chi connectivity index (χ1) is 19.6. The molecule has 0 aliphatic heterocycles. The molecule has 0 aliphatic rings. The first kappa shape index (κ1) is 26.6. The van der Waals surface area contributed by atoms with Crippen molar-refractivity contribution in [2.75, 3.05) is 17.3 Å². The van der Waals surface area contributed by atoms with Crippen LogP contribution in [-0.4, -0.2) is 56.6 Å². The average Bonchev–Trinajstić information content (AvgIpc) is 3.54. The van der Waals surface area contributed by atoms with E-state index in [4.69, 9.17) is 4.98 Å². The van der Waals surface area contributed by atoms with Gasteiger partial charge in [-0.2, -0.15) is 5.10 Å². The van der Waals surface area contributed by atoms with Crippen LogP contribution < -0.4 is 5.32 Å². The van der Waals surface area contributed by atoms with Gasteiger partial charge in [-0.25, -0.2) is 17.8 Å². The molecule has 0 unspecified atom stereocenters. The molecule has 0 fully saturated rings. The molecule has 1 aromatic carbocycles. The van der Waals surface area contributed by atoms with Gasteiger partial charge in [0, 0.05) is 52.9 Å². The minimum Gasteiger partial charge on any atom is -0.382 e. The summed E-state index contributed by atoms with van der Waals surface area (Å²) in [5.41, 5.74) is 7.95. The van der Waals surface area contributed by atoms with Gasteiger partial charge < -0.3 is 10.3 Å². The van der Waals surface area contributed by atoms with E-state index in [-0.39, 0.29) is 18.2 Å². The second-order valence-corrected chi connectivity index (χ2v) is 12.7. The smallest absolute Gasteiger partial charge is 0.147 e. The van der Waals surface area contributed by atoms with Crippen molar-refractivity contribution in [1.29, 1.82) is 0 Å². The number of hydrogen-bond donors (Lipinski definition) is 3. The summed E-state index contributed by atoms with van der Waals surface area (Å²) >= 11 is 0. The minimum atomic E-state index is -3.18. The second kappa shape index (κ2) is 10.4. The van der Waals surface area contributed by atoms with Gasteiger partial charge in [0.2, 0.25) is 0 Å². The second-order valence-electron chi connectivity index (χ2n) is 10.5. The Morgan fingerprint density at radius 3 is 2.63 bits per heavy atom. The standard InChI is InChI=1S/C30H28FN7O2S/c1-17(2)34-22-13-20(15-32-16-22)24-4-5-26-29(36-24)30(38-37-26)27-14-23-25(35-27)6-8-33-28(23)19-10-18(11-21(31)12-19)7-9-41(3,39)40/h4-6,8,10-17,34-35H,7,9H2,1-3H3,(H,37,38). The van der Waals surface area contributed by atoms with Gasteiger partial charge in [-0.15, -0.1) is 0 Å². The molecular weight excluding hydrogens is 541 g/mol. The van der Waals surface area contributed by atoms with Gasteiger partial charge in [0.25, 0.3) is 0 Å². The van der Waals surface area contributed by atoms with E-state index in [9.17, 15) is 12.8 Å². The molecule has 0 aliphatic carbocycles. The summed E-state index contributed by atoms with van der Waals surface area (Å²) in [6.45, 7) is 4.14. The number of rotatable bonds is 8. The van der Waals surface area contributed by atoms with Crippen molar-refractivity contribution in [2.24, 2.45) is 0 Å². The fourth-order valence-electron chi connectivity index (χ4n) is 4.89. The molecule has 0 atom stereocenters. The van der Waals surface area contributed by atoms with Gasteiger partial charge in [-0.05, 0) is 74.4 Å². The lowest BCUT2D eigenvalue weighted by molar-refractivity contribution is 0.600. The summed E-state index contributed by atoms with van der Waals surface area (Å²) in [5.74, 6) is -0.504. The van der Waals surface area contributed by atoms with E-state index >= 15 is 0 Å². The number of anilines is 1. The van der Waals surface area contributed by atoms with Crippen LogP contribution >= 0.6 is 0 Å². The highest BCUT2D eigenvalue weighted by atomic mass is 32.2. The average molecular weight is 570 g/mol. The lowest BCUT2D eigenvalue weighted by Gasteiger charge is -2.10. The summed E-state index contributed by atoms with van der Waals surface area (Å²) in [5, 5.41) is 11.8. The number of fused-ring (bicyclic) bond motifs is 2. The Balaban J connectivity index is 1.40. The highest BCUT2D eigenvalue weighted by Crippen LogP contribution is 2.34. The fourth-order valence-corrected chi connectivity index (χ4v) is 5.49. The van der Waals surface area contributed by atoms with Gasteiger partial charge in [0.15, 0.2) is 0 Å². The van der Waals surface area contributed by atoms with Crippen molar-refractivity contribution >= 4 is 37.5 Å². The first-order valence-electron chi connectivity index (χ1n) is 13.2. The predicted octanol–water partition coefficient (Wildman–Crippen LogP) is 5.78. The number of sulfone groups is 1. The number of hydrogen-bond acceptors (Lipinski definition) is 7. The quantitative estimate of drug-likeness (QED) is 0.212. The van der Waals surface area contributed by atoms with Crippen LogP contribution in [0.2, 0.25) is 0 Å². The van der Waals surface area contributed by atoms with Crippen molar-refractivity contribution in [1.82, 2.24) is 30.1 Å². The molecule has 0 saturated carbocycles. The molecule has 41 heavy (non-hydrogen) atoms. The van der Waals surface area contributed by atoms with Gasteiger partial charge >= 0.3 is 0 Å². The molecule has 5 heterocycles. The summed E-state index contributed by atoms with van der Waals surface area (Å²) < 4.78 is 37.9. The zero-order valence-corrected chi connectivity index (χ0v) is 23.6. The van der Waals surface area contributed by atoms with Crippen molar-refractivity contribution in [3.8, 4) is 33.9 Å². The summed E-state index contributed by atoms with van der Waals surface area (Å²) in [7, 11) is -3.18. The lowest BCUT2D eigenvalue weighted by atomic mass is 10.0. The van der Waals surface area contributed by atoms with Crippen LogP contribution in [0.3, 0.4) is 0 Å². The zero-order valence-electron chi connectivity index (χ0n) is 22.7. The van der Waals surface area contributed by atoms with Crippen LogP contribution in [0.15, 0.2) is 67.1 Å². The van der Waals surface area contributed by atoms with Crippen molar-refractivity contribution in [2.45, 2.75) is 26.3 Å². The number of H-pyrrole nitrogens is 2. The number of benzene rings is 1. The molecular formula is C30H28FN7O2S. The van der Waals surface area contributed by atoms with Gasteiger partial charge in [-0.3, -0.25) is 15.1 Å². The highest BCUT2D eigenvalue weighted by molar-refractivity contribution is 7.90. The fraction of sp³-hybridized carbons (Fsp3) is 0.200. The Labute approximate surface area is 236 Å². The van der Waals surface area contributed by atoms with Crippen molar-refractivity contribution in [3.05, 3.63) is 78.5 Å². The third-order valence-electron chi connectivity index (χ3n) is 6.69. The molecule has 0 bridgehead atoms. The monoisotopic (exact) mass is 569 g/mol. The first-order valence-corrected chi connectivity index (χ1v) is 15.2. The van der Waals surface area contributed by atoms with Crippen LogP contribution in [0.4, 0.5) is 10.1 Å². The van der Waals surface area contributed by atoms with Crippen LogP contribution in [-0.2, 0) is 16.3 Å². The Morgan fingerprint density at radius 2 is 1.83 bits per heavy atom. The van der Waals surface area contributed by atoms with Crippen LogP contribution in [0.25, 0.3) is 55.8 Å². The maximum absolute atomic E-state index is 14.6. The number of aromatic nitrogens is 6. The van der Waals surface area contributed by atoms with Gasteiger partial charge in [-0.1, -0.05) is 0 Å². The normalized spacial score (nSPS) is 12.0. The molecule has 208 valence electrons. The molecule has 11 heteroatoms. The largest absolute Gasteiger partial charge is 0.382 e. The van der Waals surface area contributed by atoms with Crippen LogP contribution in [0.1, 0.15) is 19.4 Å². The molecule has 0 spiro atoms. The van der Waals surface area contributed by atoms with Crippen molar-refractivity contribution in [3.63, 3.8) is 0 Å².